The summed E-state index contributed by atoms with van der Waals surface area (Å²) in [6.07, 6.45) is 8.30. The van der Waals surface area contributed by atoms with E-state index >= 15 is 0 Å². The molecule has 858 valence electrons. The van der Waals surface area contributed by atoms with Crippen molar-refractivity contribution < 1.29 is 115 Å². The van der Waals surface area contributed by atoms with Gasteiger partial charge >= 0.3 is 36.2 Å². The van der Waals surface area contributed by atoms with Crippen LogP contribution < -0.4 is 11.1 Å². The molecule has 9 unspecified atom stereocenters. The van der Waals surface area contributed by atoms with Crippen molar-refractivity contribution in [2.45, 2.75) is 473 Å². The van der Waals surface area contributed by atoms with Gasteiger partial charge in [0.2, 0.25) is 11.6 Å². The minimum Gasteiger partial charge on any atom is -0.458 e. The Kier molecular flexibility index (Phi) is 52.1. The van der Waals surface area contributed by atoms with Crippen molar-refractivity contribution in [2.24, 2.45) is 86.2 Å². The number of esters is 3. The number of aldehydes is 1. The molecule has 0 radical (unpaired) electrons. The molecule has 9 aliphatic heterocycles. The molecule has 34 atom stereocenters. The number of nitrogens with one attached hydrogen (secondary N) is 1. The molecule has 9 heterocycles. The summed E-state index contributed by atoms with van der Waals surface area (Å²) < 4.78 is 85.6. The van der Waals surface area contributed by atoms with E-state index in [-0.39, 0.29) is 144 Å². The summed E-state index contributed by atoms with van der Waals surface area (Å²) in [5, 5.41) is 35.6. The number of unbranched alkanes of at least 4 members (excludes halogenated alkanes) is 3. The fourth-order valence-electron chi connectivity index (χ4n) is 23.6. The summed E-state index contributed by atoms with van der Waals surface area (Å²) >= 11 is 0. The maximum absolute atomic E-state index is 13.7. The van der Waals surface area contributed by atoms with Crippen LogP contribution in [0.3, 0.4) is 0 Å². The standard InChI is InChI=1S/C38H67N5O8.C34H60N6O7.C24H41NO6.C13H25N5O3/c1-13-32(44)38(10)33(43(36(46)51-38)19-15-14-18-40-41-39)24(3)17-16-23(2)20-25(4)30(22-31-28(7)34(45)50-37(8,9)49-31)48-35-27(6)29(42(11)12)21-26(5)47-35;1-11-29-34(8)30(40(33(43)47-34)15-13-12-14-37-38-35)25(7)36-19-20(2)16-21(3)28(18-27(41)24(6)31(42)46-29)45-32-23(5)26(39(9)10)17-22(4)44-32;1-14(13-26)10-15(2)20(12-21-18(5)22(27)31-24(6,7)30-21)29-23-17(4)19(25(8)9)11-16(3)28-23;1-4-10(19)13(3)11(9(2)14)18(12(20)21-13)8-6-5-7-16-17-15/h23-27,29-30,32-33,35,44H,13-22H2,1-12H3;20-26,28-30,32,36H,11-19H2,1-10H3;13-17,19-20,23H,10-12H2,1-9H3;9-11,19H,4-8,14H2,1-3H3/t23-,24-,25-,26?,27?,29?,30+,32+,33+,35-,38+;20-,21+,22?,23?,24-,25-,26?,28-,29-,30-,32+,34-;14-,15+,16?,17?,19?,20-,23+;9-,10-,11-,13-/m0111/s1. The predicted octanol–water partition coefficient (Wildman–Crippen LogP) is 18.6. The molecule has 0 spiro atoms. The van der Waals surface area contributed by atoms with Gasteiger partial charge in [0, 0.05) is 155 Å². The molecule has 9 rings (SSSR count). The Labute approximate surface area is 894 Å². The van der Waals surface area contributed by atoms with E-state index in [0.717, 1.165) is 51.2 Å². The van der Waals surface area contributed by atoms with E-state index < -0.39 is 102 Å². The number of hydrogen-bond donors (Lipinski definition) is 4. The second-order valence-electron chi connectivity index (χ2n) is 46.8. The normalized spacial score (nSPS) is 33.3. The monoisotopic (exact) mass is 2120 g/mol. The average molecular weight is 2130 g/mol. The van der Waals surface area contributed by atoms with Crippen LogP contribution in [-0.2, 0) is 90.3 Å². The van der Waals surface area contributed by atoms with E-state index in [1.807, 2.05) is 48.5 Å². The van der Waals surface area contributed by atoms with Crippen LogP contribution in [0.15, 0.2) is 38.0 Å². The second kappa shape index (κ2) is 59.8. The highest BCUT2D eigenvalue weighted by atomic mass is 16.7. The number of amides is 3. The van der Waals surface area contributed by atoms with Crippen molar-refractivity contribution in [1.82, 2.24) is 34.7 Å². The molecule has 150 heavy (non-hydrogen) atoms. The Morgan fingerprint density at radius 2 is 0.933 bits per heavy atom. The molecule has 5 N–H and O–H groups in total. The first-order valence-corrected chi connectivity index (χ1v) is 55.4. The number of fused-ring (bicyclic) bond motifs is 1. The number of nitrogens with two attached hydrogens (primary N) is 1. The molecule has 0 aromatic rings. The van der Waals surface area contributed by atoms with E-state index in [4.69, 9.17) is 88.6 Å². The number of carbonyl (C=O) groups excluding carboxylic acids is 8. The van der Waals surface area contributed by atoms with Gasteiger partial charge in [0.1, 0.15) is 35.6 Å². The van der Waals surface area contributed by atoms with E-state index in [0.29, 0.717) is 164 Å². The van der Waals surface area contributed by atoms with Crippen LogP contribution in [0.5, 0.6) is 0 Å². The zero-order chi connectivity index (χ0) is 113. The van der Waals surface area contributed by atoms with Crippen LogP contribution in [0.2, 0.25) is 0 Å². The van der Waals surface area contributed by atoms with Gasteiger partial charge in [-0.25, -0.2) is 24.0 Å². The van der Waals surface area contributed by atoms with Crippen molar-refractivity contribution in [3.05, 3.63) is 54.0 Å². The van der Waals surface area contributed by atoms with Gasteiger partial charge in [0.15, 0.2) is 35.7 Å². The number of Topliss-reactive ketones (excluding diaryl/α,β-unsaturated/α-hetero) is 1. The second-order valence-corrected chi connectivity index (χ2v) is 46.8. The number of aliphatic hydroxyl groups is 2. The van der Waals surface area contributed by atoms with Crippen molar-refractivity contribution >= 4 is 48.3 Å². The highest BCUT2D eigenvalue weighted by Gasteiger charge is 2.61. The fourth-order valence-corrected chi connectivity index (χ4v) is 23.6. The lowest BCUT2D eigenvalue weighted by Gasteiger charge is -2.44. The molecule has 0 bridgehead atoms. The van der Waals surface area contributed by atoms with Gasteiger partial charge in [-0.1, -0.05) is 112 Å². The maximum Gasteiger partial charge on any atom is 0.410 e. The summed E-state index contributed by atoms with van der Waals surface area (Å²) in [6.45, 7) is 57.5. The molecule has 7 fully saturated rings. The molecular formula is C109H193N17O24. The first kappa shape index (κ1) is 131. The van der Waals surface area contributed by atoms with Gasteiger partial charge in [-0.05, 0) is 280 Å². The van der Waals surface area contributed by atoms with Gasteiger partial charge in [-0.3, -0.25) is 19.4 Å². The number of ether oxygens (including phenoxy) is 14. The van der Waals surface area contributed by atoms with Gasteiger partial charge in [-0.15, -0.1) is 0 Å². The molecule has 41 heteroatoms. The third kappa shape index (κ3) is 36.1. The van der Waals surface area contributed by atoms with Crippen LogP contribution in [0.1, 0.15) is 322 Å². The zero-order valence-corrected chi connectivity index (χ0v) is 97.2. The Balaban J connectivity index is 0.000000319. The summed E-state index contributed by atoms with van der Waals surface area (Å²) in [6, 6.07) is -0.699. The lowest BCUT2D eigenvalue weighted by atomic mass is 9.78. The molecule has 0 aromatic heterocycles. The summed E-state index contributed by atoms with van der Waals surface area (Å²) in [7, 11) is 12.5. The van der Waals surface area contributed by atoms with Crippen molar-refractivity contribution in [2.75, 3.05) is 88.1 Å². The van der Waals surface area contributed by atoms with E-state index in [1.165, 1.54) is 0 Å². The number of nitrogens with zero attached hydrogens (tertiary/aromatic N) is 15. The summed E-state index contributed by atoms with van der Waals surface area (Å²) in [5.74, 6) is -2.48. The minimum absolute atomic E-state index is 0.00265. The topological polar surface area (TPSA) is 510 Å². The lowest BCUT2D eigenvalue weighted by Crippen LogP contribution is -2.60. The fraction of sp³-hybridized carbons (Fsp3) is 0.890. The smallest absolute Gasteiger partial charge is 0.410 e. The highest BCUT2D eigenvalue weighted by Crippen LogP contribution is 2.46. The van der Waals surface area contributed by atoms with Crippen molar-refractivity contribution in [1.29, 1.82) is 0 Å². The number of rotatable bonds is 45. The molecule has 7 saturated heterocycles. The van der Waals surface area contributed by atoms with Gasteiger partial charge in [-0.2, -0.15) is 0 Å². The first-order valence-electron chi connectivity index (χ1n) is 55.4. The average Bonchev–Trinajstić information content (AvgIpc) is 1.60. The van der Waals surface area contributed by atoms with Crippen molar-refractivity contribution in [3.63, 3.8) is 0 Å². The van der Waals surface area contributed by atoms with E-state index in [1.54, 1.807) is 77.0 Å². The molecule has 0 aliphatic carbocycles. The highest BCUT2D eigenvalue weighted by molar-refractivity contribution is 5.99. The molecule has 0 aromatic carbocycles. The van der Waals surface area contributed by atoms with Crippen LogP contribution in [-0.4, -0.2) is 326 Å². The molecule has 9 aliphatic rings. The van der Waals surface area contributed by atoms with E-state index in [2.05, 4.69) is 175 Å². The van der Waals surface area contributed by atoms with Crippen molar-refractivity contribution in [3.8, 4) is 0 Å². The van der Waals surface area contributed by atoms with Crippen LogP contribution in [0, 0.1) is 65.1 Å². The van der Waals surface area contributed by atoms with Gasteiger partial charge in [0.25, 0.3) is 0 Å². The third-order valence-electron chi connectivity index (χ3n) is 32.2. The number of azide groups is 3. The SMILES string of the molecule is CC1=C(C[C@@H](O[C@@H]2OC(C)CC(N(C)C)C2C)[C@@H](C)C[C@@H](C)C=O)OC(C)(C)OC1=O.CC[C@@H](O)[C@@]1(C)OC(=O)N(CCCCN=[N+]=[N-])[C@@H]1[C@@H](C)CC[C@H](C)C[C@H](C)[C@@H](CC1=C(C)C(=O)OC(C)(C)O1)O[C@@H]1OC(C)CC(N(C)C)C1C.CC[C@@H](O)[C@@]1(C)OC(=O)N(CCCCN=[N+]=[N-])[C@@H]1[C@@H](C)N.CC[C@H]1OC(=O)[C@H](C)C(=O)C[C@@H](O[C@@H]2OC(C)CC(N(C)C)C2C)[C@@H](C)C[C@@H](C)CN[C@H](C)[C@H]2N(CCCCN=[N+]=[N-])C(=O)O[C@]12C. The Morgan fingerprint density at radius 3 is 1.34 bits per heavy atom. The predicted molar refractivity (Wildman–Crippen MR) is 570 cm³/mol. The van der Waals surface area contributed by atoms with Gasteiger partial charge in [0.05, 0.1) is 78.1 Å². The number of aliphatic hydroxyl groups excluding tert-OH is 2. The Bertz CT molecular complexity index is 4510. The Morgan fingerprint density at radius 1 is 0.533 bits per heavy atom. The third-order valence-corrected chi connectivity index (χ3v) is 32.2. The largest absolute Gasteiger partial charge is 0.458 e. The van der Waals surface area contributed by atoms with Crippen LogP contribution >= 0.6 is 0 Å². The number of cyclic esters (lactones) is 5. The maximum atomic E-state index is 13.7. The summed E-state index contributed by atoms with van der Waals surface area (Å²) in [4.78, 5) is 122. The lowest BCUT2D eigenvalue weighted by molar-refractivity contribution is -0.257. The number of hydrogen-bond acceptors (Lipinski definition) is 32. The van der Waals surface area contributed by atoms with E-state index in [9.17, 15) is 48.6 Å². The van der Waals surface area contributed by atoms with Crippen LogP contribution in [0.25, 0.3) is 31.3 Å². The molecule has 3 amide bonds. The zero-order valence-electron chi connectivity index (χ0n) is 97.2. The minimum atomic E-state index is -1.15. The first-order chi connectivity index (χ1) is 70.2. The molecule has 41 nitrogen and oxygen atoms in total. The van der Waals surface area contributed by atoms with Crippen LogP contribution in [0.4, 0.5) is 14.4 Å². The summed E-state index contributed by atoms with van der Waals surface area (Å²) in [5.41, 5.74) is 29.2. The number of ketones is 1. The number of carbonyl (C=O) groups is 8. The molecular weight excluding hydrogens is 1930 g/mol. The van der Waals surface area contributed by atoms with Gasteiger partial charge < -0.3 is 112 Å². The quantitative estimate of drug-likeness (QED) is 0.00643. The Hall–Kier alpha value is -7.95. The molecule has 0 saturated carbocycles.